The van der Waals surface area contributed by atoms with Crippen LogP contribution in [0.4, 0.5) is 26.3 Å². The van der Waals surface area contributed by atoms with E-state index in [1.165, 1.54) is 18.3 Å². The van der Waals surface area contributed by atoms with Gasteiger partial charge in [-0.15, -0.1) is 0 Å². The van der Waals surface area contributed by atoms with Crippen molar-refractivity contribution in [2.75, 3.05) is 0 Å². The fourth-order valence-corrected chi connectivity index (χ4v) is 3.35. The summed E-state index contributed by atoms with van der Waals surface area (Å²) in [6.45, 7) is 0. The van der Waals surface area contributed by atoms with Crippen LogP contribution in [-0.2, 0) is 12.4 Å². The molecule has 4 rings (SSSR count). The van der Waals surface area contributed by atoms with Gasteiger partial charge >= 0.3 is 12.4 Å². The third-order valence-corrected chi connectivity index (χ3v) is 4.97. The molecule has 0 bridgehead atoms. The molecule has 0 aliphatic rings. The van der Waals surface area contributed by atoms with Gasteiger partial charge < -0.3 is 5.32 Å². The lowest BCUT2D eigenvalue weighted by Gasteiger charge is -2.23. The van der Waals surface area contributed by atoms with Gasteiger partial charge in [-0.05, 0) is 42.0 Å². The Kier molecular flexibility index (Phi) is 5.56. The Labute approximate surface area is 182 Å². The van der Waals surface area contributed by atoms with Gasteiger partial charge in [0.2, 0.25) is 0 Å². The molecule has 1 atom stereocenters. The van der Waals surface area contributed by atoms with Crippen LogP contribution in [0.3, 0.4) is 0 Å². The molecule has 33 heavy (non-hydrogen) atoms. The summed E-state index contributed by atoms with van der Waals surface area (Å²) >= 11 is 0. The standard InChI is InChI=1S/C22H14F6N4O/c23-21(24,25)15-7-5-12(6-8-15)18(19-16(22(26,27)28)2-1-9-29-19)31-20(33)13-3-4-14-11-30-32-17(14)10-13/h1-11,18H,(H,30,32)(H,31,33). The van der Waals surface area contributed by atoms with Gasteiger partial charge in [0.05, 0.1) is 34.6 Å². The van der Waals surface area contributed by atoms with Crippen molar-refractivity contribution in [3.05, 3.63) is 94.9 Å². The van der Waals surface area contributed by atoms with Crippen molar-refractivity contribution in [1.29, 1.82) is 0 Å². The highest BCUT2D eigenvalue weighted by Gasteiger charge is 2.37. The van der Waals surface area contributed by atoms with E-state index in [1.807, 2.05) is 0 Å². The van der Waals surface area contributed by atoms with E-state index in [0.29, 0.717) is 5.52 Å². The van der Waals surface area contributed by atoms with Gasteiger partial charge in [0.15, 0.2) is 0 Å². The van der Waals surface area contributed by atoms with E-state index < -0.39 is 41.1 Å². The summed E-state index contributed by atoms with van der Waals surface area (Å²) in [5, 5.41) is 9.72. The molecule has 0 aliphatic carbocycles. The number of aromatic nitrogens is 3. The highest BCUT2D eigenvalue weighted by molar-refractivity contribution is 5.98. The number of pyridine rings is 1. The molecule has 4 aromatic rings. The van der Waals surface area contributed by atoms with Gasteiger partial charge in [-0.2, -0.15) is 31.4 Å². The lowest BCUT2D eigenvalue weighted by molar-refractivity contribution is -0.139. The summed E-state index contributed by atoms with van der Waals surface area (Å²) in [4.78, 5) is 16.7. The summed E-state index contributed by atoms with van der Waals surface area (Å²) in [7, 11) is 0. The Morgan fingerprint density at radius 2 is 1.67 bits per heavy atom. The van der Waals surface area contributed by atoms with Crippen molar-refractivity contribution in [3.8, 4) is 0 Å². The molecule has 11 heteroatoms. The summed E-state index contributed by atoms with van der Waals surface area (Å²) in [5.74, 6) is -0.741. The molecule has 0 fully saturated rings. The van der Waals surface area contributed by atoms with E-state index >= 15 is 0 Å². The molecule has 2 aromatic carbocycles. The number of alkyl halides is 6. The molecule has 170 valence electrons. The lowest BCUT2D eigenvalue weighted by atomic mass is 9.97. The van der Waals surface area contributed by atoms with Crippen LogP contribution in [0.1, 0.15) is 38.8 Å². The zero-order valence-corrected chi connectivity index (χ0v) is 16.5. The van der Waals surface area contributed by atoms with Crippen LogP contribution in [0.5, 0.6) is 0 Å². The maximum Gasteiger partial charge on any atom is 0.418 e. The minimum atomic E-state index is -4.80. The number of carbonyl (C=O) groups excluding carboxylic acids is 1. The number of halogens is 6. The second-order valence-electron chi connectivity index (χ2n) is 7.13. The van der Waals surface area contributed by atoms with Gasteiger partial charge in [-0.1, -0.05) is 18.2 Å². The minimum Gasteiger partial charge on any atom is -0.340 e. The van der Waals surface area contributed by atoms with Crippen LogP contribution in [0, 0.1) is 0 Å². The normalized spacial score (nSPS) is 13.2. The number of nitrogens with one attached hydrogen (secondary N) is 2. The van der Waals surface area contributed by atoms with E-state index in [1.54, 1.807) is 6.07 Å². The second kappa shape index (κ2) is 8.23. The van der Waals surface area contributed by atoms with Gasteiger partial charge in [-0.3, -0.25) is 14.9 Å². The van der Waals surface area contributed by atoms with Crippen molar-refractivity contribution in [3.63, 3.8) is 0 Å². The fraction of sp³-hybridized carbons (Fsp3) is 0.136. The molecule has 2 heterocycles. The van der Waals surface area contributed by atoms with Crippen LogP contribution >= 0.6 is 0 Å². The molecule has 0 aliphatic heterocycles. The summed E-state index contributed by atoms with van der Waals surface area (Å²) in [6.07, 6.45) is -6.78. The third-order valence-electron chi connectivity index (χ3n) is 4.97. The summed E-state index contributed by atoms with van der Waals surface area (Å²) in [6, 6.07) is 8.44. The van der Waals surface area contributed by atoms with E-state index in [9.17, 15) is 31.1 Å². The number of hydrogen-bond donors (Lipinski definition) is 2. The monoisotopic (exact) mass is 464 g/mol. The quantitative estimate of drug-likeness (QED) is 0.391. The number of nitrogens with zero attached hydrogens (tertiary/aromatic N) is 2. The highest BCUT2D eigenvalue weighted by Crippen LogP contribution is 2.36. The molecule has 0 saturated carbocycles. The second-order valence-corrected chi connectivity index (χ2v) is 7.13. The molecule has 0 saturated heterocycles. The van der Waals surface area contributed by atoms with Crippen molar-refractivity contribution in [2.45, 2.75) is 18.4 Å². The Morgan fingerprint density at radius 3 is 2.33 bits per heavy atom. The lowest BCUT2D eigenvalue weighted by Crippen LogP contribution is -2.31. The fourth-order valence-electron chi connectivity index (χ4n) is 3.35. The number of fused-ring (bicyclic) bond motifs is 1. The molecule has 2 N–H and O–H groups in total. The van der Waals surface area contributed by atoms with Gasteiger partial charge in [0.1, 0.15) is 0 Å². The van der Waals surface area contributed by atoms with Gasteiger partial charge in [-0.25, -0.2) is 0 Å². The van der Waals surface area contributed by atoms with E-state index in [0.717, 1.165) is 48.0 Å². The van der Waals surface area contributed by atoms with Gasteiger partial charge in [0, 0.05) is 17.1 Å². The first-order chi connectivity index (χ1) is 15.5. The molecule has 2 aromatic heterocycles. The summed E-state index contributed by atoms with van der Waals surface area (Å²) < 4.78 is 79.8. The van der Waals surface area contributed by atoms with Crippen molar-refractivity contribution in [1.82, 2.24) is 20.5 Å². The first-order valence-electron chi connectivity index (χ1n) is 9.47. The highest BCUT2D eigenvalue weighted by atomic mass is 19.4. The molecular formula is C22H14F6N4O. The predicted octanol–water partition coefficient (Wildman–Crippen LogP) is 5.51. The Balaban J connectivity index is 1.77. The topological polar surface area (TPSA) is 70.7 Å². The maximum absolute atomic E-state index is 13.6. The van der Waals surface area contributed by atoms with E-state index in [4.69, 9.17) is 0 Å². The van der Waals surface area contributed by atoms with Crippen molar-refractivity contribution >= 4 is 16.8 Å². The SMILES string of the molecule is O=C(NC(c1ccc(C(F)(F)F)cc1)c1ncccc1C(F)(F)F)c1ccc2cn[nH]c2c1. The average molecular weight is 464 g/mol. The smallest absolute Gasteiger partial charge is 0.340 e. The average Bonchev–Trinajstić information content (AvgIpc) is 3.24. The summed E-state index contributed by atoms with van der Waals surface area (Å²) in [5.41, 5.74) is -1.98. The maximum atomic E-state index is 13.6. The number of carbonyl (C=O) groups is 1. The molecular weight excluding hydrogens is 450 g/mol. The Hall–Kier alpha value is -3.89. The van der Waals surface area contributed by atoms with Crippen molar-refractivity contribution in [2.24, 2.45) is 0 Å². The largest absolute Gasteiger partial charge is 0.418 e. The van der Waals surface area contributed by atoms with E-state index in [-0.39, 0.29) is 11.1 Å². The minimum absolute atomic E-state index is 0.00293. The predicted molar refractivity (Wildman–Crippen MR) is 106 cm³/mol. The van der Waals surface area contributed by atoms with Crippen LogP contribution in [-0.4, -0.2) is 21.1 Å². The number of aromatic amines is 1. The number of H-pyrrole nitrogens is 1. The first kappa shape index (κ1) is 22.3. The molecule has 0 spiro atoms. The van der Waals surface area contributed by atoms with Gasteiger partial charge in [0.25, 0.3) is 5.91 Å². The first-order valence-corrected chi connectivity index (χ1v) is 9.47. The molecule has 1 amide bonds. The van der Waals surface area contributed by atoms with Crippen molar-refractivity contribution < 1.29 is 31.1 Å². The van der Waals surface area contributed by atoms with Crippen LogP contribution in [0.25, 0.3) is 10.9 Å². The zero-order valence-electron chi connectivity index (χ0n) is 16.5. The van der Waals surface area contributed by atoms with E-state index in [2.05, 4.69) is 20.5 Å². The number of hydrogen-bond acceptors (Lipinski definition) is 3. The number of amides is 1. The Bertz CT molecular complexity index is 1290. The van der Waals surface area contributed by atoms with Crippen LogP contribution in [0.2, 0.25) is 0 Å². The van der Waals surface area contributed by atoms with Crippen LogP contribution in [0.15, 0.2) is 67.0 Å². The molecule has 1 unspecified atom stereocenters. The Morgan fingerprint density at radius 1 is 0.939 bits per heavy atom. The number of rotatable bonds is 4. The zero-order chi connectivity index (χ0) is 23.8. The van der Waals surface area contributed by atoms with Crippen LogP contribution < -0.4 is 5.32 Å². The molecule has 0 radical (unpaired) electrons. The third kappa shape index (κ3) is 4.66. The number of benzene rings is 2. The molecule has 5 nitrogen and oxygen atoms in total.